The third-order valence-corrected chi connectivity index (χ3v) is 5.14. The number of aromatic nitrogens is 3. The Morgan fingerprint density at radius 3 is 2.29 bits per heavy atom. The number of nitrogens with zero attached hydrogens (tertiary/aromatic N) is 5. The summed E-state index contributed by atoms with van der Waals surface area (Å²) in [5, 5.41) is 18.3. The number of carboxylic acid groups (broad SMARTS) is 2. The summed E-state index contributed by atoms with van der Waals surface area (Å²) < 4.78 is 16.1. The molecule has 2 aromatic heterocycles. The number of hydrogen-bond donors (Lipinski definition) is 2. The summed E-state index contributed by atoms with van der Waals surface area (Å²) in [7, 11) is 0. The van der Waals surface area contributed by atoms with Crippen LogP contribution in [0.25, 0.3) is 10.9 Å². The van der Waals surface area contributed by atoms with Crippen molar-refractivity contribution >= 4 is 34.5 Å². The van der Waals surface area contributed by atoms with Crippen LogP contribution < -0.4 is 15.2 Å². The summed E-state index contributed by atoms with van der Waals surface area (Å²) in [6, 6.07) is 4.09. The first-order valence-electron chi connectivity index (χ1n) is 9.44. The predicted molar refractivity (Wildman–Crippen MR) is 109 cm³/mol. The van der Waals surface area contributed by atoms with Crippen LogP contribution in [0.3, 0.4) is 0 Å². The van der Waals surface area contributed by atoms with Crippen LogP contribution >= 0.6 is 0 Å². The number of aromatic carboxylic acids is 1. The molecular weight excluding hydrogens is 409 g/mol. The molecule has 1 fully saturated rings. The van der Waals surface area contributed by atoms with Crippen LogP contribution in [0.5, 0.6) is 0 Å². The summed E-state index contributed by atoms with van der Waals surface area (Å²) in [6.07, 6.45) is 4.27. The molecular formula is C20H18FN5O5. The fraction of sp³-hybridized carbons (Fsp3) is 0.250. The molecule has 3 heterocycles. The Bertz CT molecular complexity index is 1220. The van der Waals surface area contributed by atoms with E-state index in [4.69, 9.17) is 0 Å². The number of aliphatic carboxylic acids is 1. The van der Waals surface area contributed by atoms with Gasteiger partial charge in [-0.3, -0.25) is 9.59 Å². The zero-order valence-corrected chi connectivity index (χ0v) is 16.2. The highest BCUT2D eigenvalue weighted by atomic mass is 19.1. The average Bonchev–Trinajstić information content (AvgIpc) is 2.76. The highest BCUT2D eigenvalue weighted by Crippen LogP contribution is 2.27. The van der Waals surface area contributed by atoms with E-state index in [1.165, 1.54) is 6.07 Å². The van der Waals surface area contributed by atoms with Gasteiger partial charge in [0.1, 0.15) is 17.9 Å². The second-order valence-electron chi connectivity index (χ2n) is 7.04. The van der Waals surface area contributed by atoms with E-state index in [-0.39, 0.29) is 16.6 Å². The lowest BCUT2D eigenvalue weighted by Gasteiger charge is -2.36. The number of anilines is 2. The van der Waals surface area contributed by atoms with Gasteiger partial charge in [0.15, 0.2) is 0 Å². The summed E-state index contributed by atoms with van der Waals surface area (Å²) in [5.74, 6) is -2.82. The van der Waals surface area contributed by atoms with E-state index in [1.807, 2.05) is 4.90 Å². The van der Waals surface area contributed by atoms with E-state index in [2.05, 4.69) is 9.97 Å². The molecule has 0 radical (unpaired) electrons. The monoisotopic (exact) mass is 427 g/mol. The van der Waals surface area contributed by atoms with Gasteiger partial charge < -0.3 is 24.6 Å². The number of hydrogen-bond acceptors (Lipinski definition) is 7. The molecule has 3 aromatic rings. The van der Waals surface area contributed by atoms with Crippen LogP contribution in [0, 0.1) is 5.82 Å². The van der Waals surface area contributed by atoms with Gasteiger partial charge in [-0.15, -0.1) is 0 Å². The Balaban J connectivity index is 1.72. The second kappa shape index (κ2) is 8.01. The Morgan fingerprint density at radius 2 is 1.68 bits per heavy atom. The van der Waals surface area contributed by atoms with Crippen LogP contribution in [-0.2, 0) is 11.3 Å². The lowest BCUT2D eigenvalue weighted by atomic mass is 10.1. The maximum absolute atomic E-state index is 14.9. The van der Waals surface area contributed by atoms with Gasteiger partial charge in [-0.25, -0.2) is 19.2 Å². The number of piperazine rings is 1. The van der Waals surface area contributed by atoms with E-state index in [1.54, 1.807) is 23.4 Å². The van der Waals surface area contributed by atoms with Gasteiger partial charge in [0.2, 0.25) is 11.4 Å². The van der Waals surface area contributed by atoms with Crippen molar-refractivity contribution in [2.24, 2.45) is 0 Å². The minimum Gasteiger partial charge on any atom is -0.480 e. The fourth-order valence-corrected chi connectivity index (χ4v) is 3.67. The zero-order chi connectivity index (χ0) is 22.1. The SMILES string of the molecule is O=C(O)Cn1cc(C(=O)O)c(=O)c2cc(F)c(N3CCN(c4ncccn4)CC3)cc21. The molecule has 11 heteroatoms. The van der Waals surface area contributed by atoms with Gasteiger partial charge in [-0.2, -0.15) is 0 Å². The fourth-order valence-electron chi connectivity index (χ4n) is 3.67. The summed E-state index contributed by atoms with van der Waals surface area (Å²) in [5.41, 5.74) is -1.11. The lowest BCUT2D eigenvalue weighted by Crippen LogP contribution is -2.47. The smallest absolute Gasteiger partial charge is 0.341 e. The molecule has 160 valence electrons. The van der Waals surface area contributed by atoms with Crippen molar-refractivity contribution in [1.82, 2.24) is 14.5 Å². The molecule has 2 N–H and O–H groups in total. The highest BCUT2D eigenvalue weighted by Gasteiger charge is 2.23. The van der Waals surface area contributed by atoms with Crippen molar-refractivity contribution in [3.63, 3.8) is 0 Å². The molecule has 0 amide bonds. The van der Waals surface area contributed by atoms with Gasteiger partial charge in [0.25, 0.3) is 0 Å². The number of pyridine rings is 1. The molecule has 0 saturated carbocycles. The quantitative estimate of drug-likeness (QED) is 0.613. The van der Waals surface area contributed by atoms with Crippen LogP contribution in [0.2, 0.25) is 0 Å². The minimum absolute atomic E-state index is 0.155. The predicted octanol–water partition coefficient (Wildman–Crippen LogP) is 1.04. The number of benzene rings is 1. The van der Waals surface area contributed by atoms with Crippen LogP contribution in [0.15, 0.2) is 41.6 Å². The van der Waals surface area contributed by atoms with Gasteiger partial charge in [-0.1, -0.05) is 0 Å². The normalized spacial score (nSPS) is 14.1. The van der Waals surface area contributed by atoms with E-state index in [9.17, 15) is 29.0 Å². The van der Waals surface area contributed by atoms with Gasteiger partial charge in [-0.05, 0) is 18.2 Å². The molecule has 0 atom stereocenters. The second-order valence-corrected chi connectivity index (χ2v) is 7.04. The van der Waals surface area contributed by atoms with Crippen molar-refractivity contribution in [3.05, 3.63) is 58.4 Å². The van der Waals surface area contributed by atoms with Crippen molar-refractivity contribution in [2.75, 3.05) is 36.0 Å². The van der Waals surface area contributed by atoms with Crippen molar-refractivity contribution in [3.8, 4) is 0 Å². The Morgan fingerprint density at radius 1 is 1.03 bits per heavy atom. The Kier molecular flexibility index (Phi) is 5.24. The lowest BCUT2D eigenvalue weighted by molar-refractivity contribution is -0.137. The molecule has 1 aromatic carbocycles. The number of carboxylic acids is 2. The topological polar surface area (TPSA) is 129 Å². The first-order chi connectivity index (χ1) is 14.8. The van der Waals surface area contributed by atoms with Gasteiger partial charge in [0, 0.05) is 50.2 Å². The zero-order valence-electron chi connectivity index (χ0n) is 16.2. The number of carbonyl (C=O) groups is 2. The van der Waals surface area contributed by atoms with Crippen LogP contribution in [-0.4, -0.2) is 62.9 Å². The molecule has 10 nitrogen and oxygen atoms in total. The molecule has 1 aliphatic rings. The summed E-state index contributed by atoms with van der Waals surface area (Å²) in [4.78, 5) is 47.3. The van der Waals surface area contributed by atoms with E-state index >= 15 is 0 Å². The summed E-state index contributed by atoms with van der Waals surface area (Å²) >= 11 is 0. The molecule has 1 aliphatic heterocycles. The van der Waals surface area contributed by atoms with Crippen molar-refractivity contribution in [1.29, 1.82) is 0 Å². The van der Waals surface area contributed by atoms with Gasteiger partial charge in [0.05, 0.1) is 11.2 Å². The maximum Gasteiger partial charge on any atom is 0.341 e. The maximum atomic E-state index is 14.9. The van der Waals surface area contributed by atoms with E-state index in [0.717, 1.165) is 16.8 Å². The highest BCUT2D eigenvalue weighted by molar-refractivity contribution is 5.94. The van der Waals surface area contributed by atoms with Crippen LogP contribution in [0.1, 0.15) is 10.4 Å². The largest absolute Gasteiger partial charge is 0.480 e. The van der Waals surface area contributed by atoms with E-state index < -0.39 is 35.3 Å². The molecule has 31 heavy (non-hydrogen) atoms. The minimum atomic E-state index is -1.50. The Hall–Kier alpha value is -4.02. The van der Waals surface area contributed by atoms with E-state index in [0.29, 0.717) is 32.1 Å². The standard InChI is InChI=1S/C20H18FN5O5/c21-14-8-12-15(26(11-17(27)28)10-13(18(12)29)19(30)31)9-16(14)24-4-6-25(7-5-24)20-22-2-1-3-23-20/h1-3,8-10H,4-7,11H2,(H,27,28)(H,30,31). The van der Waals surface area contributed by atoms with Gasteiger partial charge >= 0.3 is 11.9 Å². The molecule has 1 saturated heterocycles. The molecule has 0 aliphatic carbocycles. The molecule has 0 spiro atoms. The Labute approximate surface area is 174 Å². The summed E-state index contributed by atoms with van der Waals surface area (Å²) in [6.45, 7) is 1.43. The van der Waals surface area contributed by atoms with Crippen LogP contribution in [0.4, 0.5) is 16.0 Å². The third-order valence-electron chi connectivity index (χ3n) is 5.14. The van der Waals surface area contributed by atoms with Crippen molar-refractivity contribution < 1.29 is 24.2 Å². The van der Waals surface area contributed by atoms with Crippen molar-refractivity contribution in [2.45, 2.75) is 6.54 Å². The first-order valence-corrected chi connectivity index (χ1v) is 9.44. The number of fused-ring (bicyclic) bond motifs is 1. The molecule has 0 unspecified atom stereocenters. The average molecular weight is 427 g/mol. The third kappa shape index (κ3) is 3.89. The number of halogens is 1. The molecule has 4 rings (SSSR count). The number of rotatable bonds is 5. The molecule has 0 bridgehead atoms. The first kappa shape index (κ1) is 20.3.